The molecule has 2 aromatic rings. The van der Waals surface area contributed by atoms with Crippen LogP contribution in [0.4, 0.5) is 4.39 Å². The molecule has 0 heterocycles. The van der Waals surface area contributed by atoms with Crippen molar-refractivity contribution in [2.45, 2.75) is 19.6 Å². The zero-order valence-electron chi connectivity index (χ0n) is 18.0. The molecule has 1 atom stereocenters. The third-order valence-corrected chi connectivity index (χ3v) is 4.79. The Morgan fingerprint density at radius 2 is 1.72 bits per heavy atom. The van der Waals surface area contributed by atoms with E-state index in [0.717, 1.165) is 22.6 Å². The van der Waals surface area contributed by atoms with E-state index < -0.39 is 0 Å². The van der Waals surface area contributed by atoms with Gasteiger partial charge in [0.1, 0.15) is 5.82 Å². The van der Waals surface area contributed by atoms with E-state index >= 15 is 0 Å². The van der Waals surface area contributed by atoms with Gasteiger partial charge in [-0.3, -0.25) is 4.99 Å². The highest BCUT2D eigenvalue weighted by Crippen LogP contribution is 2.30. The smallest absolute Gasteiger partial charge is 0.193 e. The first-order valence-corrected chi connectivity index (χ1v) is 9.35. The number of aryl methyl sites for hydroxylation is 1. The van der Waals surface area contributed by atoms with Crippen molar-refractivity contribution in [2.75, 3.05) is 42.0 Å². The van der Waals surface area contributed by atoms with Crippen molar-refractivity contribution in [3.05, 3.63) is 58.9 Å². The lowest BCUT2D eigenvalue weighted by molar-refractivity contribution is 0.106. The van der Waals surface area contributed by atoms with Gasteiger partial charge in [0.05, 0.1) is 20.3 Å². The SMILES string of the molecule is CN=C(NCC(OC)c1ccc(F)cc1)N(C)Cc1cc(OC)c(OC)cc1C. The molecule has 0 aliphatic heterocycles. The average Bonchev–Trinajstić information content (AvgIpc) is 2.73. The minimum absolute atomic E-state index is 0.219. The molecule has 0 saturated carbocycles. The molecule has 0 spiro atoms. The van der Waals surface area contributed by atoms with Crippen LogP contribution in [0.15, 0.2) is 41.4 Å². The molecule has 0 radical (unpaired) electrons. The van der Waals surface area contributed by atoms with Gasteiger partial charge in [-0.15, -0.1) is 0 Å². The highest BCUT2D eigenvalue weighted by Gasteiger charge is 2.15. The Labute approximate surface area is 172 Å². The van der Waals surface area contributed by atoms with E-state index in [-0.39, 0.29) is 11.9 Å². The number of benzene rings is 2. The summed E-state index contributed by atoms with van der Waals surface area (Å²) in [5.41, 5.74) is 3.11. The summed E-state index contributed by atoms with van der Waals surface area (Å²) in [6.45, 7) is 3.18. The lowest BCUT2D eigenvalue weighted by Gasteiger charge is -2.25. The second-order valence-electron chi connectivity index (χ2n) is 6.69. The van der Waals surface area contributed by atoms with Crippen molar-refractivity contribution >= 4 is 5.96 Å². The molecule has 6 nitrogen and oxygen atoms in total. The van der Waals surface area contributed by atoms with Crippen LogP contribution in [-0.4, -0.2) is 52.8 Å². The molecule has 0 aromatic heterocycles. The van der Waals surface area contributed by atoms with Gasteiger partial charge in [0.2, 0.25) is 0 Å². The predicted molar refractivity (Wildman–Crippen MR) is 113 cm³/mol. The van der Waals surface area contributed by atoms with Gasteiger partial charge < -0.3 is 24.4 Å². The van der Waals surface area contributed by atoms with Gasteiger partial charge in [-0.25, -0.2) is 4.39 Å². The molecule has 0 aliphatic rings. The Kier molecular flexibility index (Phi) is 8.27. The number of hydrogen-bond acceptors (Lipinski definition) is 4. The highest BCUT2D eigenvalue weighted by atomic mass is 19.1. The van der Waals surface area contributed by atoms with E-state index in [1.807, 2.05) is 31.0 Å². The first-order chi connectivity index (χ1) is 13.9. The Bertz CT molecular complexity index is 825. The molecule has 1 N–H and O–H groups in total. The van der Waals surface area contributed by atoms with E-state index in [1.165, 1.54) is 12.1 Å². The average molecular weight is 403 g/mol. The molecule has 0 bridgehead atoms. The van der Waals surface area contributed by atoms with Crippen molar-refractivity contribution in [1.82, 2.24) is 10.2 Å². The zero-order valence-corrected chi connectivity index (χ0v) is 18.0. The number of hydrogen-bond donors (Lipinski definition) is 1. The van der Waals surface area contributed by atoms with Gasteiger partial charge in [-0.2, -0.15) is 0 Å². The minimum Gasteiger partial charge on any atom is -0.493 e. The number of ether oxygens (including phenoxy) is 3. The Hall–Kier alpha value is -2.80. The number of nitrogens with zero attached hydrogens (tertiary/aromatic N) is 2. The molecule has 158 valence electrons. The summed E-state index contributed by atoms with van der Waals surface area (Å²) < 4.78 is 29.5. The summed E-state index contributed by atoms with van der Waals surface area (Å²) in [7, 11) is 8.59. The zero-order chi connectivity index (χ0) is 21.4. The first kappa shape index (κ1) is 22.5. The predicted octanol–water partition coefficient (Wildman–Crippen LogP) is 3.55. The molecule has 2 rings (SSSR count). The van der Waals surface area contributed by atoms with Gasteiger partial charge in [0, 0.05) is 34.3 Å². The maximum absolute atomic E-state index is 13.2. The summed E-state index contributed by atoms with van der Waals surface area (Å²) >= 11 is 0. The third-order valence-electron chi connectivity index (χ3n) is 4.79. The van der Waals surface area contributed by atoms with Crippen LogP contribution in [0.1, 0.15) is 22.8 Å². The Morgan fingerprint density at radius 1 is 1.10 bits per heavy atom. The van der Waals surface area contributed by atoms with E-state index in [2.05, 4.69) is 10.3 Å². The lowest BCUT2D eigenvalue weighted by atomic mass is 10.1. The molecule has 0 aliphatic carbocycles. The molecule has 29 heavy (non-hydrogen) atoms. The molecule has 2 aromatic carbocycles. The third kappa shape index (κ3) is 5.84. The number of guanidine groups is 1. The summed E-state index contributed by atoms with van der Waals surface area (Å²) in [6.07, 6.45) is -0.219. The largest absolute Gasteiger partial charge is 0.493 e. The van der Waals surface area contributed by atoms with Crippen molar-refractivity contribution in [1.29, 1.82) is 0 Å². The van der Waals surface area contributed by atoms with Crippen LogP contribution in [0.3, 0.4) is 0 Å². The molecule has 7 heteroatoms. The molecular weight excluding hydrogens is 373 g/mol. The van der Waals surface area contributed by atoms with Crippen molar-refractivity contribution < 1.29 is 18.6 Å². The van der Waals surface area contributed by atoms with E-state index in [9.17, 15) is 4.39 Å². The van der Waals surface area contributed by atoms with Crippen molar-refractivity contribution in [2.24, 2.45) is 4.99 Å². The number of aliphatic imine (C=N–C) groups is 1. The quantitative estimate of drug-likeness (QED) is 0.540. The number of rotatable bonds is 8. The topological polar surface area (TPSA) is 55.3 Å². The molecule has 0 fully saturated rings. The number of halogens is 1. The first-order valence-electron chi connectivity index (χ1n) is 9.35. The molecule has 0 amide bonds. The van der Waals surface area contributed by atoms with Gasteiger partial charge in [0.25, 0.3) is 0 Å². The number of methoxy groups -OCH3 is 3. The van der Waals surface area contributed by atoms with Gasteiger partial charge in [-0.05, 0) is 47.9 Å². The summed E-state index contributed by atoms with van der Waals surface area (Å²) in [4.78, 5) is 6.38. The van der Waals surface area contributed by atoms with Gasteiger partial charge in [0.15, 0.2) is 17.5 Å². The fourth-order valence-corrected chi connectivity index (χ4v) is 3.11. The summed E-state index contributed by atoms with van der Waals surface area (Å²) in [5, 5.41) is 3.33. The monoisotopic (exact) mass is 403 g/mol. The Morgan fingerprint density at radius 3 is 2.28 bits per heavy atom. The van der Waals surface area contributed by atoms with Crippen molar-refractivity contribution in [3.63, 3.8) is 0 Å². The van der Waals surface area contributed by atoms with Crippen LogP contribution >= 0.6 is 0 Å². The Balaban J connectivity index is 2.07. The van der Waals surface area contributed by atoms with Crippen molar-refractivity contribution in [3.8, 4) is 11.5 Å². The van der Waals surface area contributed by atoms with Crippen LogP contribution in [0.25, 0.3) is 0 Å². The van der Waals surface area contributed by atoms with Crippen LogP contribution < -0.4 is 14.8 Å². The second-order valence-corrected chi connectivity index (χ2v) is 6.69. The summed E-state index contributed by atoms with van der Waals surface area (Å²) in [5.74, 6) is 1.86. The van der Waals surface area contributed by atoms with E-state index in [4.69, 9.17) is 14.2 Å². The second kappa shape index (κ2) is 10.7. The van der Waals surface area contributed by atoms with Crippen LogP contribution in [0.2, 0.25) is 0 Å². The minimum atomic E-state index is -0.266. The van der Waals surface area contributed by atoms with Gasteiger partial charge >= 0.3 is 0 Å². The van der Waals surface area contributed by atoms with Crippen LogP contribution in [0, 0.1) is 12.7 Å². The summed E-state index contributed by atoms with van der Waals surface area (Å²) in [6, 6.07) is 10.3. The number of nitrogens with one attached hydrogen (secondary N) is 1. The standard InChI is InChI=1S/C22H30FN3O3/c1-15-11-19(27-4)20(28-5)12-17(15)14-26(3)22(24-2)25-13-21(29-6)16-7-9-18(23)10-8-16/h7-12,21H,13-14H2,1-6H3,(H,24,25). The normalized spacial score (nSPS) is 12.4. The van der Waals surface area contributed by atoms with Crippen LogP contribution in [0.5, 0.6) is 11.5 Å². The maximum atomic E-state index is 13.2. The fourth-order valence-electron chi connectivity index (χ4n) is 3.11. The molecular formula is C22H30FN3O3. The maximum Gasteiger partial charge on any atom is 0.193 e. The fraction of sp³-hybridized carbons (Fsp3) is 0.409. The highest BCUT2D eigenvalue weighted by molar-refractivity contribution is 5.79. The van der Waals surface area contributed by atoms with E-state index in [0.29, 0.717) is 24.6 Å². The van der Waals surface area contributed by atoms with E-state index in [1.54, 1.807) is 40.5 Å². The molecule has 1 unspecified atom stereocenters. The lowest BCUT2D eigenvalue weighted by Crippen LogP contribution is -2.40. The van der Waals surface area contributed by atoms with Gasteiger partial charge in [-0.1, -0.05) is 12.1 Å². The molecule has 0 saturated heterocycles. The van der Waals surface area contributed by atoms with Crippen LogP contribution in [-0.2, 0) is 11.3 Å².